The molecule has 0 saturated carbocycles. The van der Waals surface area contributed by atoms with E-state index in [1.54, 1.807) is 19.3 Å². The number of aromatic nitrogens is 2. The van der Waals surface area contributed by atoms with Gasteiger partial charge in [0.25, 0.3) is 5.91 Å². The fraction of sp³-hybridized carbons (Fsp3) is 0.423. The van der Waals surface area contributed by atoms with E-state index in [-0.39, 0.29) is 23.6 Å². The average molecular weight is 563 g/mol. The quantitative estimate of drug-likeness (QED) is 0.236. The van der Waals surface area contributed by atoms with Gasteiger partial charge in [0, 0.05) is 38.5 Å². The molecule has 0 bridgehead atoms. The maximum Gasteiger partial charge on any atom is 0.307 e. The van der Waals surface area contributed by atoms with E-state index in [2.05, 4.69) is 21.5 Å². The molecule has 0 aliphatic carbocycles. The number of terminal acetylenes is 1. The van der Waals surface area contributed by atoms with Gasteiger partial charge in [0.1, 0.15) is 11.9 Å². The normalized spacial score (nSPS) is 17.3. The highest BCUT2D eigenvalue weighted by Crippen LogP contribution is 2.16. The molecule has 0 radical (unpaired) electrons. The summed E-state index contributed by atoms with van der Waals surface area (Å²) in [5.74, 6) is 1.61. The number of hydrogen-bond acceptors (Lipinski definition) is 8. The monoisotopic (exact) mass is 562 g/mol. The minimum atomic E-state index is -1.03. The van der Waals surface area contributed by atoms with Gasteiger partial charge in [-0.1, -0.05) is 29.8 Å². The summed E-state index contributed by atoms with van der Waals surface area (Å²) in [6.45, 7) is 11.0. The van der Waals surface area contributed by atoms with Crippen molar-refractivity contribution in [1.82, 2.24) is 19.8 Å². The molecule has 38 heavy (non-hydrogen) atoms. The number of aliphatic hydroxyl groups excluding tert-OH is 1. The van der Waals surface area contributed by atoms with Crippen molar-refractivity contribution in [3.63, 3.8) is 0 Å². The smallest absolute Gasteiger partial charge is 0.307 e. The lowest BCUT2D eigenvalue weighted by molar-refractivity contribution is -0.132. The zero-order chi connectivity index (χ0) is 28.2. The van der Waals surface area contributed by atoms with Crippen molar-refractivity contribution in [2.45, 2.75) is 45.8 Å². The molecule has 1 aromatic heterocycles. The number of ether oxygens (including phenoxy) is 1. The van der Waals surface area contributed by atoms with Crippen molar-refractivity contribution in [3.8, 4) is 12.3 Å². The molecule has 10 nitrogen and oxygen atoms in total. The van der Waals surface area contributed by atoms with Crippen molar-refractivity contribution < 1.29 is 19.4 Å². The van der Waals surface area contributed by atoms with E-state index in [0.717, 1.165) is 4.90 Å². The Labute approximate surface area is 233 Å². The number of carbonyl (C=O) groups excluding carboxylic acids is 2. The van der Waals surface area contributed by atoms with Crippen molar-refractivity contribution in [3.05, 3.63) is 53.2 Å². The summed E-state index contributed by atoms with van der Waals surface area (Å²) in [6, 6.07) is 0. The molecule has 2 rings (SSSR count). The first-order valence-corrected chi connectivity index (χ1v) is 12.7. The average Bonchev–Trinajstić information content (AvgIpc) is 3.22. The lowest BCUT2D eigenvalue weighted by atomic mass is 10.2. The lowest BCUT2D eigenvalue weighted by Gasteiger charge is -2.23. The van der Waals surface area contributed by atoms with Gasteiger partial charge >= 0.3 is 5.91 Å². The highest BCUT2D eigenvalue weighted by molar-refractivity contribution is 6.30. The Bertz CT molecular complexity index is 1130. The van der Waals surface area contributed by atoms with E-state index >= 15 is 0 Å². The molecule has 1 saturated heterocycles. The van der Waals surface area contributed by atoms with Crippen molar-refractivity contribution in [2.75, 3.05) is 31.1 Å². The van der Waals surface area contributed by atoms with Gasteiger partial charge in [0.05, 0.1) is 40.9 Å². The summed E-state index contributed by atoms with van der Waals surface area (Å²) < 4.78 is 5.85. The van der Waals surface area contributed by atoms with Crippen LogP contribution in [-0.2, 0) is 14.3 Å². The van der Waals surface area contributed by atoms with Crippen LogP contribution in [0.2, 0.25) is 5.02 Å². The number of halogens is 2. The maximum atomic E-state index is 12.4. The maximum absolute atomic E-state index is 12.4. The Morgan fingerprint density at radius 2 is 2.16 bits per heavy atom. The number of amides is 2. The number of carbonyl (C=O) groups is 2. The first-order valence-electron chi connectivity index (χ1n) is 12.0. The number of amidine groups is 1. The SMILES string of the molecule is C#CC(=O)N(/C=C(/Cl)COC(C)CCN(CC)c1ncc(Cl)cn1)C(C=C)=N/C(C)=C/N1CCC(O)C1=O. The van der Waals surface area contributed by atoms with Crippen LogP contribution in [0.15, 0.2) is 53.2 Å². The topological polar surface area (TPSA) is 111 Å². The van der Waals surface area contributed by atoms with Crippen molar-refractivity contribution in [2.24, 2.45) is 4.99 Å². The van der Waals surface area contributed by atoms with Gasteiger partial charge in [0.2, 0.25) is 5.95 Å². The van der Waals surface area contributed by atoms with Crippen LogP contribution in [0.5, 0.6) is 0 Å². The van der Waals surface area contributed by atoms with E-state index in [1.165, 1.54) is 23.4 Å². The largest absolute Gasteiger partial charge is 0.383 e. The number of allylic oxidation sites excluding steroid dienone is 1. The number of nitrogens with zero attached hydrogens (tertiary/aromatic N) is 6. The molecule has 204 valence electrons. The molecule has 2 atom stereocenters. The molecular weight excluding hydrogens is 531 g/mol. The van der Waals surface area contributed by atoms with Crippen LogP contribution in [0.3, 0.4) is 0 Å². The molecule has 1 aliphatic heterocycles. The van der Waals surface area contributed by atoms with Crippen LogP contribution in [0.1, 0.15) is 33.6 Å². The summed E-state index contributed by atoms with van der Waals surface area (Å²) in [4.78, 5) is 41.7. The van der Waals surface area contributed by atoms with Crippen molar-refractivity contribution in [1.29, 1.82) is 0 Å². The summed E-state index contributed by atoms with van der Waals surface area (Å²) >= 11 is 12.2. The second-order valence-electron chi connectivity index (χ2n) is 8.37. The minimum absolute atomic E-state index is 0.0278. The highest BCUT2D eigenvalue weighted by atomic mass is 35.5. The fourth-order valence-electron chi connectivity index (χ4n) is 3.43. The molecular formula is C26H32Cl2N6O4. The second-order valence-corrected chi connectivity index (χ2v) is 9.29. The van der Waals surface area contributed by atoms with Gasteiger partial charge in [-0.2, -0.15) is 0 Å². The predicted molar refractivity (Wildman–Crippen MR) is 148 cm³/mol. The Hall–Kier alpha value is -3.23. The van der Waals surface area contributed by atoms with E-state index in [1.807, 2.05) is 24.7 Å². The minimum Gasteiger partial charge on any atom is -0.383 e. The molecule has 12 heteroatoms. The summed E-state index contributed by atoms with van der Waals surface area (Å²) in [5, 5.41) is 10.3. The first-order chi connectivity index (χ1) is 18.1. The number of anilines is 1. The summed E-state index contributed by atoms with van der Waals surface area (Å²) in [7, 11) is 0. The van der Waals surface area contributed by atoms with E-state index in [4.69, 9.17) is 34.4 Å². The molecule has 2 heterocycles. The Balaban J connectivity index is 2.04. The van der Waals surface area contributed by atoms with Crippen LogP contribution in [0.25, 0.3) is 0 Å². The third-order valence-electron chi connectivity index (χ3n) is 5.47. The van der Waals surface area contributed by atoms with Crippen LogP contribution in [0, 0.1) is 12.3 Å². The molecule has 1 aromatic rings. The van der Waals surface area contributed by atoms with Gasteiger partial charge in [-0.05, 0) is 39.2 Å². The molecule has 1 aliphatic rings. The Kier molecular flexibility index (Phi) is 12.4. The molecule has 2 amide bonds. The van der Waals surface area contributed by atoms with Gasteiger partial charge in [-0.15, -0.1) is 6.42 Å². The van der Waals surface area contributed by atoms with E-state index in [0.29, 0.717) is 49.1 Å². The predicted octanol–water partition coefficient (Wildman–Crippen LogP) is 3.33. The Morgan fingerprint density at radius 3 is 2.71 bits per heavy atom. The fourth-order valence-corrected chi connectivity index (χ4v) is 3.69. The zero-order valence-electron chi connectivity index (χ0n) is 21.7. The number of hydrogen-bond donors (Lipinski definition) is 1. The first kappa shape index (κ1) is 31.0. The van der Waals surface area contributed by atoms with Crippen LogP contribution < -0.4 is 4.90 Å². The van der Waals surface area contributed by atoms with E-state index < -0.39 is 17.9 Å². The van der Waals surface area contributed by atoms with Gasteiger partial charge < -0.3 is 19.6 Å². The molecule has 2 unspecified atom stereocenters. The van der Waals surface area contributed by atoms with Crippen LogP contribution in [0.4, 0.5) is 5.95 Å². The lowest BCUT2D eigenvalue weighted by Crippen LogP contribution is -2.31. The summed E-state index contributed by atoms with van der Waals surface area (Å²) in [6.07, 6.45) is 12.4. The van der Waals surface area contributed by atoms with Crippen molar-refractivity contribution >= 4 is 46.8 Å². The van der Waals surface area contributed by atoms with E-state index in [9.17, 15) is 14.7 Å². The number of rotatable bonds is 12. The third-order valence-corrected chi connectivity index (χ3v) is 5.87. The number of aliphatic hydroxyl groups is 1. The van der Waals surface area contributed by atoms with Gasteiger partial charge in [-0.3, -0.25) is 14.5 Å². The van der Waals surface area contributed by atoms with Crippen LogP contribution in [-0.4, -0.2) is 81.0 Å². The molecule has 0 spiro atoms. The van der Waals surface area contributed by atoms with Gasteiger partial charge in [0.15, 0.2) is 0 Å². The van der Waals surface area contributed by atoms with Gasteiger partial charge in [-0.25, -0.2) is 15.0 Å². The highest BCUT2D eigenvalue weighted by Gasteiger charge is 2.28. The number of aliphatic imine (C=N–C) groups is 1. The zero-order valence-corrected chi connectivity index (χ0v) is 23.2. The second kappa shape index (κ2) is 15.2. The molecule has 0 aromatic carbocycles. The van der Waals surface area contributed by atoms with Crippen LogP contribution >= 0.6 is 23.2 Å². The number of likely N-dealkylation sites (tertiary alicyclic amines) is 1. The standard InChI is InChI=1S/C26H32Cl2N6O4/c1-6-23(31-18(4)15-33-12-10-22(35)25(33)37)34(24(36)7-2)16-21(28)17-38-19(5)9-11-32(8-3)26-29-13-20(27)14-30-26/h2,6,13-16,19,22,35H,1,8-12,17H2,3-5H3/b18-15+,21-16+,31-23?. The third kappa shape index (κ3) is 9.26. The molecule has 1 N–H and O–H groups in total. The molecule has 1 fully saturated rings. The summed E-state index contributed by atoms with van der Waals surface area (Å²) in [5.41, 5.74) is 0.400. The Morgan fingerprint density at radius 1 is 1.47 bits per heavy atom.